The highest BCUT2D eigenvalue weighted by molar-refractivity contribution is 5.87. The minimum Gasteiger partial charge on any atom is -0.379 e. The van der Waals surface area contributed by atoms with E-state index >= 15 is 0 Å². The molecule has 0 aromatic carbocycles. The highest BCUT2D eigenvalue weighted by atomic mass is 19.4. The largest absolute Gasteiger partial charge is 0.401 e. The Morgan fingerprint density at radius 2 is 2.10 bits per heavy atom. The van der Waals surface area contributed by atoms with E-state index in [2.05, 4.69) is 0 Å². The van der Waals surface area contributed by atoms with Crippen molar-refractivity contribution in [2.24, 2.45) is 0 Å². The SMILES string of the molecule is CN(C/C=C/C(=O)N(C)C1CCCOC1)CC(F)(F)F. The molecule has 0 aromatic rings. The number of likely N-dealkylation sites (N-methyl/N-ethyl adjacent to an activating group) is 2. The van der Waals surface area contributed by atoms with E-state index in [1.54, 1.807) is 11.9 Å². The topological polar surface area (TPSA) is 32.8 Å². The average Bonchev–Trinajstić information content (AvgIpc) is 2.36. The van der Waals surface area contributed by atoms with Gasteiger partial charge in [-0.25, -0.2) is 0 Å². The van der Waals surface area contributed by atoms with Gasteiger partial charge >= 0.3 is 6.18 Å². The minimum atomic E-state index is -4.22. The van der Waals surface area contributed by atoms with E-state index in [0.29, 0.717) is 6.61 Å². The van der Waals surface area contributed by atoms with Crippen LogP contribution in [0.25, 0.3) is 0 Å². The second kappa shape index (κ2) is 7.64. The summed E-state index contributed by atoms with van der Waals surface area (Å²) in [6, 6.07) is 0.0498. The van der Waals surface area contributed by atoms with Crippen molar-refractivity contribution in [2.75, 3.05) is 40.4 Å². The lowest BCUT2D eigenvalue weighted by Gasteiger charge is -2.30. The third-order valence-corrected chi connectivity index (χ3v) is 3.16. The van der Waals surface area contributed by atoms with E-state index in [4.69, 9.17) is 4.74 Å². The van der Waals surface area contributed by atoms with Gasteiger partial charge in [-0.1, -0.05) is 6.08 Å². The molecule has 1 aliphatic rings. The van der Waals surface area contributed by atoms with Gasteiger partial charge in [0.25, 0.3) is 0 Å². The molecule has 0 radical (unpaired) electrons. The first kappa shape index (κ1) is 17.0. The highest BCUT2D eigenvalue weighted by Crippen LogP contribution is 2.15. The van der Waals surface area contributed by atoms with Gasteiger partial charge in [-0.3, -0.25) is 9.69 Å². The Morgan fingerprint density at radius 1 is 1.40 bits per heavy atom. The number of carbonyl (C=O) groups is 1. The summed E-state index contributed by atoms with van der Waals surface area (Å²) in [5, 5.41) is 0. The summed E-state index contributed by atoms with van der Waals surface area (Å²) in [7, 11) is 3.05. The van der Waals surface area contributed by atoms with Crippen molar-refractivity contribution in [2.45, 2.75) is 25.1 Å². The maximum atomic E-state index is 12.1. The van der Waals surface area contributed by atoms with Crippen molar-refractivity contribution in [1.29, 1.82) is 0 Å². The molecule has 1 saturated heterocycles. The Hall–Kier alpha value is -1.08. The Kier molecular flexibility index (Phi) is 6.48. The van der Waals surface area contributed by atoms with Gasteiger partial charge in [0.15, 0.2) is 0 Å². The lowest BCUT2D eigenvalue weighted by molar-refractivity contribution is -0.141. The normalized spacial score (nSPS) is 20.6. The van der Waals surface area contributed by atoms with E-state index in [9.17, 15) is 18.0 Å². The molecule has 7 heteroatoms. The van der Waals surface area contributed by atoms with E-state index in [1.165, 1.54) is 19.2 Å². The molecule has 20 heavy (non-hydrogen) atoms. The fourth-order valence-corrected chi connectivity index (χ4v) is 2.03. The zero-order valence-electron chi connectivity index (χ0n) is 11.8. The molecule has 116 valence electrons. The van der Waals surface area contributed by atoms with Crippen LogP contribution < -0.4 is 0 Å². The van der Waals surface area contributed by atoms with Crippen LogP contribution in [0.4, 0.5) is 13.2 Å². The van der Waals surface area contributed by atoms with E-state index in [-0.39, 0.29) is 18.5 Å². The van der Waals surface area contributed by atoms with Crippen LogP contribution in [0.3, 0.4) is 0 Å². The van der Waals surface area contributed by atoms with Crippen LogP contribution in [0.1, 0.15) is 12.8 Å². The molecule has 1 heterocycles. The van der Waals surface area contributed by atoms with Gasteiger partial charge in [-0.2, -0.15) is 13.2 Å². The predicted octanol–water partition coefficient (Wildman–Crippen LogP) is 1.67. The van der Waals surface area contributed by atoms with Crippen molar-refractivity contribution in [3.05, 3.63) is 12.2 Å². The van der Waals surface area contributed by atoms with Gasteiger partial charge in [-0.05, 0) is 19.9 Å². The number of hydrogen-bond acceptors (Lipinski definition) is 3. The maximum Gasteiger partial charge on any atom is 0.401 e. The molecule has 1 rings (SSSR count). The van der Waals surface area contributed by atoms with Gasteiger partial charge in [0.05, 0.1) is 19.2 Å². The summed E-state index contributed by atoms with van der Waals surface area (Å²) >= 11 is 0. The molecule has 1 amide bonds. The monoisotopic (exact) mass is 294 g/mol. The number of nitrogens with zero attached hydrogens (tertiary/aromatic N) is 2. The molecular weight excluding hydrogens is 273 g/mol. The van der Waals surface area contributed by atoms with Gasteiger partial charge < -0.3 is 9.64 Å². The summed E-state index contributed by atoms with van der Waals surface area (Å²) in [6.45, 7) is 0.332. The summed E-state index contributed by atoms with van der Waals surface area (Å²) < 4.78 is 41.6. The standard InChI is InChI=1S/C13H21F3N2O2/c1-17(10-13(14,15)16)7-3-6-12(19)18(2)11-5-4-8-20-9-11/h3,6,11H,4-5,7-10H2,1-2H3/b6-3+. The first-order chi connectivity index (χ1) is 9.29. The van der Waals surface area contributed by atoms with Crippen molar-refractivity contribution in [3.63, 3.8) is 0 Å². The van der Waals surface area contributed by atoms with Crippen LogP contribution in [-0.2, 0) is 9.53 Å². The number of hydrogen-bond donors (Lipinski definition) is 0. The van der Waals surface area contributed by atoms with Gasteiger partial charge in [0.1, 0.15) is 0 Å². The molecule has 1 unspecified atom stereocenters. The summed E-state index contributed by atoms with van der Waals surface area (Å²) in [5.41, 5.74) is 0. The van der Waals surface area contributed by atoms with Crippen LogP contribution in [0.2, 0.25) is 0 Å². The number of amides is 1. The number of alkyl halides is 3. The molecule has 0 aromatic heterocycles. The average molecular weight is 294 g/mol. The van der Waals surface area contributed by atoms with Gasteiger partial charge in [0.2, 0.25) is 5.91 Å². The number of ether oxygens (including phenoxy) is 1. The zero-order chi connectivity index (χ0) is 15.2. The smallest absolute Gasteiger partial charge is 0.379 e. The maximum absolute atomic E-state index is 12.1. The first-order valence-electron chi connectivity index (χ1n) is 6.56. The fraction of sp³-hybridized carbons (Fsp3) is 0.769. The molecule has 0 N–H and O–H groups in total. The predicted molar refractivity (Wildman–Crippen MR) is 69.3 cm³/mol. The lowest BCUT2D eigenvalue weighted by atomic mass is 10.1. The lowest BCUT2D eigenvalue weighted by Crippen LogP contribution is -2.41. The van der Waals surface area contributed by atoms with Crippen molar-refractivity contribution < 1.29 is 22.7 Å². The highest BCUT2D eigenvalue weighted by Gasteiger charge is 2.28. The Labute approximate surface area is 117 Å². The third kappa shape index (κ3) is 6.38. The quantitative estimate of drug-likeness (QED) is 0.723. The van der Waals surface area contributed by atoms with Crippen molar-refractivity contribution in [1.82, 2.24) is 9.80 Å². The third-order valence-electron chi connectivity index (χ3n) is 3.16. The second-order valence-corrected chi connectivity index (χ2v) is 5.03. The molecule has 0 saturated carbocycles. The van der Waals surface area contributed by atoms with Crippen LogP contribution in [-0.4, -0.2) is 68.3 Å². The second-order valence-electron chi connectivity index (χ2n) is 5.03. The number of carbonyl (C=O) groups excluding carboxylic acids is 1. The van der Waals surface area contributed by atoms with E-state index in [1.807, 2.05) is 0 Å². The summed E-state index contributed by atoms with van der Waals surface area (Å²) in [5.74, 6) is -0.207. The van der Waals surface area contributed by atoms with Crippen molar-refractivity contribution >= 4 is 5.91 Å². The van der Waals surface area contributed by atoms with Crippen LogP contribution >= 0.6 is 0 Å². The van der Waals surface area contributed by atoms with Gasteiger partial charge in [-0.15, -0.1) is 0 Å². The Bertz CT molecular complexity index is 339. The molecule has 0 bridgehead atoms. The Balaban J connectivity index is 2.35. The molecule has 0 spiro atoms. The van der Waals surface area contributed by atoms with E-state index in [0.717, 1.165) is 24.3 Å². The molecule has 1 aliphatic heterocycles. The van der Waals surface area contributed by atoms with Crippen molar-refractivity contribution in [3.8, 4) is 0 Å². The summed E-state index contributed by atoms with van der Waals surface area (Å²) in [4.78, 5) is 14.5. The zero-order valence-corrected chi connectivity index (χ0v) is 11.8. The number of rotatable bonds is 5. The van der Waals surface area contributed by atoms with Crippen LogP contribution in [0.15, 0.2) is 12.2 Å². The van der Waals surface area contributed by atoms with Gasteiger partial charge in [0, 0.05) is 26.3 Å². The molecule has 1 fully saturated rings. The summed E-state index contributed by atoms with van der Waals surface area (Å²) in [6.07, 6.45) is 0.364. The molecule has 4 nitrogen and oxygen atoms in total. The minimum absolute atomic E-state index is 0.0498. The van der Waals surface area contributed by atoms with E-state index < -0.39 is 12.7 Å². The van der Waals surface area contributed by atoms with Crippen LogP contribution in [0.5, 0.6) is 0 Å². The Morgan fingerprint density at radius 3 is 2.65 bits per heavy atom. The number of halogens is 3. The molecular formula is C13H21F3N2O2. The molecule has 1 atom stereocenters. The first-order valence-corrected chi connectivity index (χ1v) is 6.56. The fourth-order valence-electron chi connectivity index (χ4n) is 2.03. The van der Waals surface area contributed by atoms with Crippen LogP contribution in [0, 0.1) is 0 Å². The molecule has 0 aliphatic carbocycles.